The average molecular weight is 597 g/mol. The van der Waals surface area contributed by atoms with Crippen molar-refractivity contribution in [2.45, 2.75) is 73.9 Å². The second-order valence-electron chi connectivity index (χ2n) is 10.2. The van der Waals surface area contributed by atoms with Gasteiger partial charge in [-0.05, 0) is 29.8 Å². The Labute approximate surface area is 238 Å². The van der Waals surface area contributed by atoms with Crippen LogP contribution in [-0.4, -0.2) is 126 Å². The first kappa shape index (κ1) is 30.4. The number of carbonyl (C=O) groups excluding carboxylic acids is 1. The van der Waals surface area contributed by atoms with Gasteiger partial charge in [0.1, 0.15) is 66.4 Å². The molecular weight excluding hydrogens is 564 g/mol. The summed E-state index contributed by atoms with van der Waals surface area (Å²) >= 11 is 0. The molecule has 42 heavy (non-hydrogen) atoms. The van der Waals surface area contributed by atoms with Crippen LogP contribution in [0.5, 0.6) is 23.0 Å². The fraction of sp³-hybridized carbons (Fsp3) is 0.519. The highest BCUT2D eigenvalue weighted by atomic mass is 16.7. The van der Waals surface area contributed by atoms with E-state index in [9.17, 15) is 50.8 Å². The Kier molecular flexibility index (Phi) is 8.86. The van der Waals surface area contributed by atoms with Crippen LogP contribution >= 0.6 is 0 Å². The summed E-state index contributed by atoms with van der Waals surface area (Å²) in [6, 6.07) is 8.32. The molecule has 0 bridgehead atoms. The van der Waals surface area contributed by atoms with Gasteiger partial charge < -0.3 is 69.6 Å². The summed E-state index contributed by atoms with van der Waals surface area (Å²) in [7, 11) is 0. The van der Waals surface area contributed by atoms with Crippen molar-refractivity contribution in [2.75, 3.05) is 13.2 Å². The van der Waals surface area contributed by atoms with Gasteiger partial charge in [0.15, 0.2) is 17.3 Å². The Morgan fingerprint density at radius 3 is 1.93 bits per heavy atom. The van der Waals surface area contributed by atoms with Gasteiger partial charge in [0.05, 0.1) is 25.2 Å². The van der Waals surface area contributed by atoms with Crippen molar-refractivity contribution < 1.29 is 74.4 Å². The lowest BCUT2D eigenvalue weighted by Crippen LogP contribution is -2.60. The maximum absolute atomic E-state index is 12.9. The average Bonchev–Trinajstić information content (AvgIpc) is 2.98. The highest BCUT2D eigenvalue weighted by molar-refractivity contribution is 6.00. The second kappa shape index (κ2) is 12.3. The number of Topliss-reactive ketones (excluding diaryl/α,β-unsaturated/α-hetero) is 1. The molecule has 5 rings (SSSR count). The predicted molar refractivity (Wildman–Crippen MR) is 136 cm³/mol. The van der Waals surface area contributed by atoms with E-state index < -0.39 is 80.7 Å². The molecule has 2 saturated heterocycles. The topological polar surface area (TPSA) is 245 Å². The van der Waals surface area contributed by atoms with Crippen LogP contribution in [0.4, 0.5) is 0 Å². The highest BCUT2D eigenvalue weighted by Crippen LogP contribution is 2.40. The summed E-state index contributed by atoms with van der Waals surface area (Å²) in [6.45, 7) is -1.31. The Balaban J connectivity index is 1.33. The minimum absolute atomic E-state index is 0.0869. The van der Waals surface area contributed by atoms with Crippen LogP contribution in [0.3, 0.4) is 0 Å². The van der Waals surface area contributed by atoms with E-state index in [1.54, 1.807) is 0 Å². The summed E-state index contributed by atoms with van der Waals surface area (Å²) in [5, 5.41) is 89.7. The van der Waals surface area contributed by atoms with Gasteiger partial charge in [-0.3, -0.25) is 4.79 Å². The number of ether oxygens (including phenoxy) is 5. The van der Waals surface area contributed by atoms with Crippen molar-refractivity contribution in [2.24, 2.45) is 0 Å². The number of hydrogen-bond donors (Lipinski definition) is 9. The number of benzene rings is 2. The van der Waals surface area contributed by atoms with E-state index in [0.29, 0.717) is 5.56 Å². The molecule has 15 nitrogen and oxygen atoms in total. The van der Waals surface area contributed by atoms with Crippen molar-refractivity contribution in [1.29, 1.82) is 0 Å². The van der Waals surface area contributed by atoms with E-state index in [1.807, 2.05) is 0 Å². The van der Waals surface area contributed by atoms with Crippen LogP contribution in [0, 0.1) is 0 Å². The number of carbonyl (C=O) groups is 1. The second-order valence-corrected chi connectivity index (χ2v) is 10.2. The molecule has 0 unspecified atom stereocenters. The zero-order valence-electron chi connectivity index (χ0n) is 21.9. The molecule has 3 heterocycles. The Hall–Kier alpha value is -3.09. The first-order valence-electron chi connectivity index (χ1n) is 13.1. The minimum Gasteiger partial charge on any atom is -0.504 e. The monoisotopic (exact) mass is 596 g/mol. The van der Waals surface area contributed by atoms with Gasteiger partial charge in [0.2, 0.25) is 12.6 Å². The lowest BCUT2D eigenvalue weighted by molar-refractivity contribution is -0.277. The third kappa shape index (κ3) is 5.76. The maximum atomic E-state index is 12.9. The molecule has 0 radical (unpaired) electrons. The first-order valence-corrected chi connectivity index (χ1v) is 13.1. The van der Waals surface area contributed by atoms with Gasteiger partial charge in [-0.1, -0.05) is 6.07 Å². The predicted octanol–water partition coefficient (Wildman–Crippen LogP) is -2.54. The highest BCUT2D eigenvalue weighted by Gasteiger charge is 2.46. The van der Waals surface area contributed by atoms with Crippen molar-refractivity contribution >= 4 is 5.78 Å². The Bertz CT molecular complexity index is 1270. The molecule has 0 aliphatic carbocycles. The van der Waals surface area contributed by atoms with Crippen LogP contribution in [0.15, 0.2) is 36.4 Å². The summed E-state index contributed by atoms with van der Waals surface area (Å²) in [4.78, 5) is 12.9. The van der Waals surface area contributed by atoms with Gasteiger partial charge in [0, 0.05) is 6.07 Å². The van der Waals surface area contributed by atoms with E-state index in [-0.39, 0.29) is 40.8 Å². The minimum atomic E-state index is -1.72. The number of aliphatic hydroxyl groups is 8. The Morgan fingerprint density at radius 1 is 0.738 bits per heavy atom. The van der Waals surface area contributed by atoms with Crippen molar-refractivity contribution in [3.8, 4) is 23.0 Å². The fourth-order valence-electron chi connectivity index (χ4n) is 4.98. The lowest BCUT2D eigenvalue weighted by Gasteiger charge is -2.39. The van der Waals surface area contributed by atoms with Gasteiger partial charge in [-0.25, -0.2) is 0 Å². The molecule has 9 N–H and O–H groups in total. The van der Waals surface area contributed by atoms with Crippen LogP contribution in [0.25, 0.3) is 0 Å². The molecule has 11 atom stereocenters. The normalized spacial score (nSPS) is 36.6. The smallest absolute Gasteiger partial charge is 0.229 e. The number of aliphatic hydroxyl groups excluding tert-OH is 8. The van der Waals surface area contributed by atoms with Gasteiger partial charge in [-0.15, -0.1) is 0 Å². The zero-order valence-corrected chi connectivity index (χ0v) is 21.9. The number of ketones is 1. The van der Waals surface area contributed by atoms with Crippen molar-refractivity contribution in [3.05, 3.63) is 47.5 Å². The molecule has 2 aromatic rings. The zero-order chi connectivity index (χ0) is 30.3. The molecule has 2 fully saturated rings. The number of fused-ring (bicyclic) bond motifs is 1. The SMILES string of the molecule is O=C1C[C@@H](c2ccc(O)c(O[C@@H]3O[C@H](CO)[C@@H](O)[C@H](O)[C@H]3O)c2)Oc2cc(O[C@@H]3O[C@H](CO)[C@@H](O)[C@H](O)[C@H]3O)ccc21. The molecular formula is C27H32O15. The molecule has 2 aromatic carbocycles. The fourth-order valence-corrected chi connectivity index (χ4v) is 4.98. The van der Waals surface area contributed by atoms with Gasteiger partial charge in [0.25, 0.3) is 0 Å². The Morgan fingerprint density at radius 2 is 1.33 bits per heavy atom. The van der Waals surface area contributed by atoms with Crippen LogP contribution in [-0.2, 0) is 9.47 Å². The van der Waals surface area contributed by atoms with E-state index in [1.165, 1.54) is 36.4 Å². The number of aromatic hydroxyl groups is 1. The standard InChI is InChI=1S/C27H32O15/c28-8-18-20(32)22(34)24(36)26(41-18)38-11-2-3-12-14(31)7-15(39-16(12)6-11)10-1-4-13(30)17(5-10)40-27-25(37)23(35)21(33)19(9-29)42-27/h1-6,15,18-30,32-37H,7-9H2/t15-,18+,19+,20+,21+,22-,23-,24+,25+,26+,27+/m0/s1. The molecule has 15 heteroatoms. The van der Waals surface area contributed by atoms with Gasteiger partial charge >= 0.3 is 0 Å². The van der Waals surface area contributed by atoms with Crippen molar-refractivity contribution in [1.82, 2.24) is 0 Å². The van der Waals surface area contributed by atoms with E-state index in [0.717, 1.165) is 0 Å². The number of phenolic OH excluding ortho intramolecular Hbond substituents is 1. The molecule has 230 valence electrons. The van der Waals surface area contributed by atoms with Gasteiger partial charge in [-0.2, -0.15) is 0 Å². The van der Waals surface area contributed by atoms with E-state index >= 15 is 0 Å². The quantitative estimate of drug-likeness (QED) is 0.160. The molecule has 0 aromatic heterocycles. The van der Waals surface area contributed by atoms with Crippen molar-refractivity contribution in [3.63, 3.8) is 0 Å². The van der Waals surface area contributed by atoms with Crippen LogP contribution in [0.1, 0.15) is 28.4 Å². The largest absolute Gasteiger partial charge is 0.504 e. The lowest BCUT2D eigenvalue weighted by atomic mass is 9.96. The summed E-state index contributed by atoms with van der Waals surface area (Å²) in [6.07, 6.45) is -16.2. The summed E-state index contributed by atoms with van der Waals surface area (Å²) in [5.74, 6) is -0.649. The van der Waals surface area contributed by atoms with E-state index in [4.69, 9.17) is 23.7 Å². The molecule has 0 spiro atoms. The van der Waals surface area contributed by atoms with Crippen LogP contribution in [0.2, 0.25) is 0 Å². The molecule has 0 saturated carbocycles. The molecule has 3 aliphatic heterocycles. The molecule has 0 amide bonds. The first-order chi connectivity index (χ1) is 20.0. The molecule has 3 aliphatic rings. The summed E-state index contributed by atoms with van der Waals surface area (Å²) < 4.78 is 27.9. The summed E-state index contributed by atoms with van der Waals surface area (Å²) in [5.41, 5.74) is 0.621. The number of phenols is 1. The third-order valence-electron chi connectivity index (χ3n) is 7.44. The van der Waals surface area contributed by atoms with E-state index in [2.05, 4.69) is 0 Å². The maximum Gasteiger partial charge on any atom is 0.229 e. The number of rotatable bonds is 7. The third-order valence-corrected chi connectivity index (χ3v) is 7.44. The van der Waals surface area contributed by atoms with Crippen LogP contribution < -0.4 is 14.2 Å². The number of hydrogen-bond acceptors (Lipinski definition) is 15.